The Morgan fingerprint density at radius 1 is 0.970 bits per heavy atom. The largest absolute Gasteiger partial charge is 0.494 e. The van der Waals surface area contributed by atoms with Gasteiger partial charge in [-0.25, -0.2) is 4.98 Å². The van der Waals surface area contributed by atoms with Gasteiger partial charge in [0.2, 0.25) is 17.7 Å². The van der Waals surface area contributed by atoms with Crippen LogP contribution in [0.2, 0.25) is 0 Å². The molecule has 0 atom stereocenters. The maximum Gasteiger partial charge on any atom is 0.234 e. The van der Waals surface area contributed by atoms with Gasteiger partial charge in [0.05, 0.1) is 24.5 Å². The number of benzene rings is 2. The Balaban J connectivity index is 1.45. The lowest BCUT2D eigenvalue weighted by Crippen LogP contribution is -2.15. The molecule has 3 rings (SSSR count). The number of hydrogen-bond donors (Lipinski definition) is 3. The molecule has 3 amide bonds. The lowest BCUT2D eigenvalue weighted by Gasteiger charge is -2.07. The zero-order valence-electron chi connectivity index (χ0n) is 18.2. The standard InChI is InChI=1S/C23H24N4O4S2/c1-3-31-20-9-7-16(8-10-20)25-21(29)12-19-13-32-23(27-19)33-14-22(30)26-18-6-4-5-17(11-18)24-15(2)28/h4-11,13H,3,12,14H2,1-2H3,(H,24,28)(H,25,29)(H,26,30). The maximum atomic E-state index is 12.3. The summed E-state index contributed by atoms with van der Waals surface area (Å²) in [6, 6.07) is 14.1. The number of thiazole rings is 1. The van der Waals surface area contributed by atoms with E-state index in [1.54, 1.807) is 48.5 Å². The first-order chi connectivity index (χ1) is 15.9. The number of carbonyl (C=O) groups excluding carboxylic acids is 3. The molecular formula is C23H24N4O4S2. The number of hydrogen-bond acceptors (Lipinski definition) is 7. The number of thioether (sulfide) groups is 1. The highest BCUT2D eigenvalue weighted by Crippen LogP contribution is 2.24. The normalized spacial score (nSPS) is 10.4. The predicted octanol–water partition coefficient (Wildman–Crippen LogP) is 4.41. The Morgan fingerprint density at radius 2 is 1.67 bits per heavy atom. The second kappa shape index (κ2) is 12.0. The van der Waals surface area contributed by atoms with Crippen LogP contribution in [0.15, 0.2) is 58.3 Å². The summed E-state index contributed by atoms with van der Waals surface area (Å²) in [5.74, 6) is 0.390. The van der Waals surface area contributed by atoms with Crippen molar-refractivity contribution in [1.29, 1.82) is 0 Å². The minimum atomic E-state index is -0.190. The molecule has 0 radical (unpaired) electrons. The van der Waals surface area contributed by atoms with Crippen LogP contribution in [-0.2, 0) is 20.8 Å². The van der Waals surface area contributed by atoms with E-state index in [-0.39, 0.29) is 29.9 Å². The van der Waals surface area contributed by atoms with E-state index in [4.69, 9.17) is 4.74 Å². The zero-order chi connectivity index (χ0) is 23.6. The molecule has 0 bridgehead atoms. The Bertz CT molecular complexity index is 1120. The number of nitrogens with zero attached hydrogens (tertiary/aromatic N) is 1. The summed E-state index contributed by atoms with van der Waals surface area (Å²) in [6.45, 7) is 3.92. The number of nitrogens with one attached hydrogen (secondary N) is 3. The molecule has 0 aliphatic carbocycles. The average Bonchev–Trinajstić information content (AvgIpc) is 3.21. The van der Waals surface area contributed by atoms with Gasteiger partial charge in [-0.05, 0) is 49.4 Å². The number of anilines is 3. The summed E-state index contributed by atoms with van der Waals surface area (Å²) >= 11 is 2.69. The van der Waals surface area contributed by atoms with Crippen LogP contribution in [0.25, 0.3) is 0 Å². The van der Waals surface area contributed by atoms with E-state index >= 15 is 0 Å². The van der Waals surface area contributed by atoms with E-state index < -0.39 is 0 Å². The molecule has 1 heterocycles. The van der Waals surface area contributed by atoms with Gasteiger partial charge in [-0.2, -0.15) is 0 Å². The van der Waals surface area contributed by atoms with Gasteiger partial charge in [0.25, 0.3) is 0 Å². The third kappa shape index (κ3) is 8.24. The van der Waals surface area contributed by atoms with Crippen LogP contribution in [0.1, 0.15) is 19.5 Å². The van der Waals surface area contributed by atoms with Gasteiger partial charge in [0.15, 0.2) is 4.34 Å². The van der Waals surface area contributed by atoms with Crippen LogP contribution in [0.3, 0.4) is 0 Å². The summed E-state index contributed by atoms with van der Waals surface area (Å²) in [5.41, 5.74) is 2.54. The predicted molar refractivity (Wildman–Crippen MR) is 132 cm³/mol. The van der Waals surface area contributed by atoms with Gasteiger partial charge < -0.3 is 20.7 Å². The third-order valence-corrected chi connectivity index (χ3v) is 6.18. The van der Waals surface area contributed by atoms with E-state index in [0.717, 1.165) is 5.75 Å². The molecule has 0 saturated carbocycles. The molecule has 3 N–H and O–H groups in total. The Labute approximate surface area is 200 Å². The van der Waals surface area contributed by atoms with Gasteiger partial charge in [0, 0.05) is 29.4 Å². The van der Waals surface area contributed by atoms with Crippen molar-refractivity contribution in [1.82, 2.24) is 4.98 Å². The summed E-state index contributed by atoms with van der Waals surface area (Å²) in [6.07, 6.45) is 0.145. The summed E-state index contributed by atoms with van der Waals surface area (Å²) in [5, 5.41) is 10.1. The van der Waals surface area contributed by atoms with Gasteiger partial charge in [0.1, 0.15) is 5.75 Å². The smallest absolute Gasteiger partial charge is 0.234 e. The fourth-order valence-electron chi connectivity index (χ4n) is 2.81. The maximum absolute atomic E-state index is 12.3. The summed E-state index contributed by atoms with van der Waals surface area (Å²) < 4.78 is 6.10. The van der Waals surface area contributed by atoms with Crippen molar-refractivity contribution in [2.24, 2.45) is 0 Å². The van der Waals surface area contributed by atoms with E-state index in [0.29, 0.717) is 33.7 Å². The van der Waals surface area contributed by atoms with Crippen molar-refractivity contribution in [2.75, 3.05) is 28.3 Å². The van der Waals surface area contributed by atoms with Crippen molar-refractivity contribution in [3.63, 3.8) is 0 Å². The molecule has 172 valence electrons. The zero-order valence-corrected chi connectivity index (χ0v) is 19.8. The van der Waals surface area contributed by atoms with Crippen LogP contribution in [0, 0.1) is 0 Å². The number of rotatable bonds is 10. The number of carbonyl (C=O) groups is 3. The molecule has 0 spiro atoms. The number of ether oxygens (including phenoxy) is 1. The molecule has 0 unspecified atom stereocenters. The van der Waals surface area contributed by atoms with Crippen molar-refractivity contribution in [3.05, 3.63) is 59.6 Å². The highest BCUT2D eigenvalue weighted by Gasteiger charge is 2.11. The van der Waals surface area contributed by atoms with Crippen molar-refractivity contribution in [3.8, 4) is 5.75 Å². The molecule has 8 nitrogen and oxygen atoms in total. The Kier molecular flexibility index (Phi) is 8.85. The Morgan fingerprint density at radius 3 is 2.36 bits per heavy atom. The highest BCUT2D eigenvalue weighted by molar-refractivity contribution is 8.01. The first kappa shape index (κ1) is 24.3. The number of aromatic nitrogens is 1. The van der Waals surface area contributed by atoms with Crippen LogP contribution >= 0.6 is 23.1 Å². The molecule has 10 heteroatoms. The summed E-state index contributed by atoms with van der Waals surface area (Å²) in [7, 11) is 0. The molecule has 33 heavy (non-hydrogen) atoms. The molecule has 0 aliphatic rings. The van der Waals surface area contributed by atoms with Crippen molar-refractivity contribution < 1.29 is 19.1 Å². The van der Waals surface area contributed by atoms with Gasteiger partial charge in [-0.3, -0.25) is 14.4 Å². The minimum Gasteiger partial charge on any atom is -0.494 e. The summed E-state index contributed by atoms with van der Waals surface area (Å²) in [4.78, 5) is 40.1. The second-order valence-electron chi connectivity index (χ2n) is 6.89. The van der Waals surface area contributed by atoms with Crippen molar-refractivity contribution >= 4 is 57.9 Å². The molecule has 2 aromatic carbocycles. The Hall–Kier alpha value is -3.37. The molecular weight excluding hydrogens is 460 g/mol. The molecule has 0 fully saturated rings. The highest BCUT2D eigenvalue weighted by atomic mass is 32.2. The van der Waals surface area contributed by atoms with E-state index in [9.17, 15) is 14.4 Å². The van der Waals surface area contributed by atoms with E-state index in [2.05, 4.69) is 20.9 Å². The first-order valence-corrected chi connectivity index (χ1v) is 12.0. The first-order valence-electron chi connectivity index (χ1n) is 10.2. The molecule has 0 saturated heterocycles. The lowest BCUT2D eigenvalue weighted by molar-refractivity contribution is -0.116. The topological polar surface area (TPSA) is 109 Å². The molecule has 0 aliphatic heterocycles. The van der Waals surface area contributed by atoms with Crippen LogP contribution in [-0.4, -0.2) is 35.1 Å². The SMILES string of the molecule is CCOc1ccc(NC(=O)Cc2csc(SCC(=O)Nc3cccc(NC(C)=O)c3)n2)cc1. The number of amides is 3. The second-order valence-corrected chi connectivity index (χ2v) is 8.97. The van der Waals surface area contributed by atoms with E-state index in [1.165, 1.54) is 30.0 Å². The van der Waals surface area contributed by atoms with Crippen LogP contribution in [0.5, 0.6) is 5.75 Å². The van der Waals surface area contributed by atoms with Gasteiger partial charge in [-0.15, -0.1) is 11.3 Å². The average molecular weight is 485 g/mol. The quantitative estimate of drug-likeness (QED) is 0.368. The van der Waals surface area contributed by atoms with E-state index in [1.807, 2.05) is 12.3 Å². The fraction of sp³-hybridized carbons (Fsp3) is 0.217. The molecule has 1 aromatic heterocycles. The van der Waals surface area contributed by atoms with Gasteiger partial charge in [-0.1, -0.05) is 17.8 Å². The van der Waals surface area contributed by atoms with Gasteiger partial charge >= 0.3 is 0 Å². The van der Waals surface area contributed by atoms with Crippen molar-refractivity contribution in [2.45, 2.75) is 24.6 Å². The fourth-order valence-corrected chi connectivity index (χ4v) is 4.45. The minimum absolute atomic E-state index is 0.145. The van der Waals surface area contributed by atoms with Crippen LogP contribution < -0.4 is 20.7 Å². The lowest BCUT2D eigenvalue weighted by atomic mass is 10.2. The monoisotopic (exact) mass is 484 g/mol. The van der Waals surface area contributed by atoms with Crippen LogP contribution in [0.4, 0.5) is 17.1 Å². The third-order valence-electron chi connectivity index (χ3n) is 4.11. The molecule has 3 aromatic rings.